The molecule has 1 amide bonds. The van der Waals surface area contributed by atoms with Gasteiger partial charge in [-0.1, -0.05) is 6.07 Å². The van der Waals surface area contributed by atoms with Gasteiger partial charge >= 0.3 is 0 Å². The van der Waals surface area contributed by atoms with Crippen LogP contribution in [0.5, 0.6) is 0 Å². The van der Waals surface area contributed by atoms with Crippen LogP contribution in [-0.2, 0) is 6.42 Å². The molecule has 3 heterocycles. The lowest BCUT2D eigenvalue weighted by atomic mass is 9.84. The molecule has 0 spiro atoms. The highest BCUT2D eigenvalue weighted by molar-refractivity contribution is 14.1. The van der Waals surface area contributed by atoms with Gasteiger partial charge in [-0.15, -0.1) is 0 Å². The number of benzene rings is 1. The Labute approximate surface area is 175 Å². The van der Waals surface area contributed by atoms with Crippen molar-refractivity contribution < 1.29 is 18.7 Å². The molecule has 1 aromatic carbocycles. The molecule has 8 heteroatoms. The summed E-state index contributed by atoms with van der Waals surface area (Å²) in [7, 11) is 0. The molecule has 2 saturated heterocycles. The van der Waals surface area contributed by atoms with Crippen molar-refractivity contribution in [3.8, 4) is 0 Å². The number of nitrogens with zero attached hydrogens (tertiary/aromatic N) is 2. The lowest BCUT2D eigenvalue weighted by Gasteiger charge is -2.49. The first-order valence-corrected chi connectivity index (χ1v) is 10.3. The Hall–Kier alpha value is -1.65. The van der Waals surface area contributed by atoms with Crippen LogP contribution in [0.3, 0.4) is 0 Å². The van der Waals surface area contributed by atoms with Gasteiger partial charge in [0.1, 0.15) is 11.4 Å². The Balaban J connectivity index is 1.55. The highest BCUT2D eigenvalue weighted by Crippen LogP contribution is 2.31. The second-order valence-electron chi connectivity index (χ2n) is 7.45. The summed E-state index contributed by atoms with van der Waals surface area (Å²) >= 11 is 2.00. The summed E-state index contributed by atoms with van der Waals surface area (Å²) in [5.41, 5.74) is -0.411. The van der Waals surface area contributed by atoms with Gasteiger partial charge in [-0.2, -0.15) is 4.39 Å². The largest absolute Gasteiger partial charge is 0.385 e. The summed E-state index contributed by atoms with van der Waals surface area (Å²) in [6.45, 7) is 1.26. The third-order valence-corrected chi connectivity index (χ3v) is 6.21. The highest BCUT2D eigenvalue weighted by Gasteiger charge is 2.50. The molecule has 28 heavy (non-hydrogen) atoms. The van der Waals surface area contributed by atoms with Gasteiger partial charge in [-0.3, -0.25) is 4.79 Å². The van der Waals surface area contributed by atoms with Crippen molar-refractivity contribution in [3.63, 3.8) is 0 Å². The summed E-state index contributed by atoms with van der Waals surface area (Å²) in [6.07, 6.45) is 3.05. The molecule has 2 aromatic rings. The van der Waals surface area contributed by atoms with E-state index in [9.17, 15) is 18.7 Å². The SMILES string of the molecule is O=C(c1ccnc(F)c1Cc1ccc(I)cc1F)N1CC(O)([C@@H]2CCCN2)C1. The van der Waals surface area contributed by atoms with Crippen LogP contribution in [0, 0.1) is 15.3 Å². The Bertz CT molecular complexity index is 912. The molecule has 4 rings (SSSR count). The van der Waals surface area contributed by atoms with Crippen LogP contribution in [-0.4, -0.2) is 52.2 Å². The molecule has 0 radical (unpaired) electrons. The summed E-state index contributed by atoms with van der Waals surface area (Å²) in [4.78, 5) is 18.1. The van der Waals surface area contributed by atoms with E-state index in [1.54, 1.807) is 12.1 Å². The number of pyridine rings is 1. The summed E-state index contributed by atoms with van der Waals surface area (Å²) in [5.74, 6) is -1.60. The molecule has 2 N–H and O–H groups in total. The molecule has 0 aliphatic carbocycles. The van der Waals surface area contributed by atoms with Crippen molar-refractivity contribution in [2.75, 3.05) is 19.6 Å². The van der Waals surface area contributed by atoms with E-state index < -0.39 is 17.4 Å². The maximum absolute atomic E-state index is 14.4. The number of carbonyl (C=O) groups excluding carboxylic acids is 1. The van der Waals surface area contributed by atoms with Crippen molar-refractivity contribution in [1.82, 2.24) is 15.2 Å². The fourth-order valence-corrected chi connectivity index (χ4v) is 4.44. The van der Waals surface area contributed by atoms with Crippen LogP contribution in [0.1, 0.15) is 34.3 Å². The van der Waals surface area contributed by atoms with Crippen LogP contribution in [0.25, 0.3) is 0 Å². The molecule has 5 nitrogen and oxygen atoms in total. The predicted molar refractivity (Wildman–Crippen MR) is 108 cm³/mol. The first-order chi connectivity index (χ1) is 13.4. The van der Waals surface area contributed by atoms with Crippen molar-refractivity contribution in [2.45, 2.75) is 30.9 Å². The zero-order valence-electron chi connectivity index (χ0n) is 15.1. The minimum absolute atomic E-state index is 0.0221. The first kappa shape index (κ1) is 19.7. The molecule has 0 saturated carbocycles. The summed E-state index contributed by atoms with van der Waals surface area (Å²) < 4.78 is 29.4. The van der Waals surface area contributed by atoms with Crippen LogP contribution in [0.4, 0.5) is 8.78 Å². The zero-order valence-corrected chi connectivity index (χ0v) is 17.2. The normalized spacial score (nSPS) is 20.9. The van der Waals surface area contributed by atoms with E-state index in [1.807, 2.05) is 22.6 Å². The number of amides is 1. The van der Waals surface area contributed by atoms with E-state index in [0.29, 0.717) is 5.56 Å². The molecule has 2 aliphatic heterocycles. The van der Waals surface area contributed by atoms with Gasteiger partial charge in [-0.25, -0.2) is 9.37 Å². The van der Waals surface area contributed by atoms with Gasteiger partial charge in [0.05, 0.1) is 13.1 Å². The minimum atomic E-state index is -0.944. The molecule has 2 fully saturated rings. The molecule has 148 valence electrons. The number of β-amino-alcohol motifs (C(OH)–C–C–N with tert-alkyl or cyclic N) is 1. The van der Waals surface area contributed by atoms with Crippen molar-refractivity contribution in [1.29, 1.82) is 0 Å². The van der Waals surface area contributed by atoms with Crippen LogP contribution in [0.2, 0.25) is 0 Å². The second kappa shape index (κ2) is 7.64. The quantitative estimate of drug-likeness (QED) is 0.502. The van der Waals surface area contributed by atoms with Gasteiger partial charge in [0, 0.05) is 33.4 Å². The molecule has 1 atom stereocenters. The molecule has 0 bridgehead atoms. The van der Waals surface area contributed by atoms with Crippen LogP contribution in [0.15, 0.2) is 30.5 Å². The Morgan fingerprint density at radius 2 is 2.14 bits per heavy atom. The maximum atomic E-state index is 14.4. The van der Waals surface area contributed by atoms with Gasteiger partial charge < -0.3 is 15.3 Å². The van der Waals surface area contributed by atoms with E-state index in [1.165, 1.54) is 23.2 Å². The fraction of sp³-hybridized carbons (Fsp3) is 0.400. The second-order valence-corrected chi connectivity index (χ2v) is 8.70. The van der Waals surface area contributed by atoms with Crippen LogP contribution >= 0.6 is 22.6 Å². The van der Waals surface area contributed by atoms with Gasteiger partial charge in [0.25, 0.3) is 5.91 Å². The van der Waals surface area contributed by atoms with E-state index in [4.69, 9.17) is 0 Å². The number of aliphatic hydroxyl groups is 1. The highest BCUT2D eigenvalue weighted by atomic mass is 127. The number of aromatic nitrogens is 1. The van der Waals surface area contributed by atoms with Crippen LogP contribution < -0.4 is 5.32 Å². The molecule has 1 aromatic heterocycles. The third kappa shape index (κ3) is 3.65. The fourth-order valence-electron chi connectivity index (χ4n) is 3.98. The van der Waals surface area contributed by atoms with E-state index in [2.05, 4.69) is 10.3 Å². The maximum Gasteiger partial charge on any atom is 0.254 e. The Kier molecular flexibility index (Phi) is 5.36. The topological polar surface area (TPSA) is 65.5 Å². The summed E-state index contributed by atoms with van der Waals surface area (Å²) in [6, 6.07) is 6.13. The van der Waals surface area contributed by atoms with Gasteiger partial charge in [0.15, 0.2) is 0 Å². The number of hydrogen-bond acceptors (Lipinski definition) is 4. The van der Waals surface area contributed by atoms with Gasteiger partial charge in [0.2, 0.25) is 5.95 Å². The minimum Gasteiger partial charge on any atom is -0.385 e. The predicted octanol–water partition coefficient (Wildman–Crippen LogP) is 2.49. The van der Waals surface area contributed by atoms with Gasteiger partial charge in [-0.05, 0) is 65.7 Å². The number of likely N-dealkylation sites (tertiary alicyclic amines) is 1. The average Bonchev–Trinajstić information content (AvgIpc) is 3.17. The Morgan fingerprint density at radius 3 is 2.82 bits per heavy atom. The first-order valence-electron chi connectivity index (χ1n) is 9.20. The standard InChI is InChI=1S/C20H20F2IN3O2/c21-16-9-13(23)4-3-12(16)8-15-14(5-7-25-18(15)22)19(27)26-10-20(28,11-26)17-2-1-6-24-17/h3-5,7,9,17,24,28H,1-2,6,8,10-11H2/t17-/m0/s1. The number of hydrogen-bond donors (Lipinski definition) is 2. The lowest BCUT2D eigenvalue weighted by Crippen LogP contribution is -2.70. The number of rotatable bonds is 4. The number of nitrogens with one attached hydrogen (secondary N) is 1. The van der Waals surface area contributed by atoms with E-state index in [-0.39, 0.29) is 42.6 Å². The van der Waals surface area contributed by atoms with Crippen molar-refractivity contribution in [3.05, 3.63) is 62.5 Å². The molecular weight excluding hydrogens is 479 g/mol. The number of carbonyl (C=O) groups is 1. The Morgan fingerprint density at radius 1 is 1.36 bits per heavy atom. The lowest BCUT2D eigenvalue weighted by molar-refractivity contribution is -0.100. The van der Waals surface area contributed by atoms with Crippen molar-refractivity contribution >= 4 is 28.5 Å². The van der Waals surface area contributed by atoms with E-state index in [0.717, 1.165) is 23.0 Å². The van der Waals surface area contributed by atoms with E-state index >= 15 is 0 Å². The van der Waals surface area contributed by atoms with Crippen molar-refractivity contribution in [2.24, 2.45) is 0 Å². The number of halogens is 3. The molecular formula is C20H20F2IN3O2. The smallest absolute Gasteiger partial charge is 0.254 e. The average molecular weight is 499 g/mol. The molecule has 0 unspecified atom stereocenters. The third-order valence-electron chi connectivity index (χ3n) is 5.54. The zero-order chi connectivity index (χ0) is 19.9. The monoisotopic (exact) mass is 499 g/mol. The summed E-state index contributed by atoms with van der Waals surface area (Å²) in [5, 5.41) is 14.0. The molecule has 2 aliphatic rings.